The Morgan fingerprint density at radius 2 is 1.14 bits per heavy atom. The van der Waals surface area contributed by atoms with Gasteiger partial charge in [0.2, 0.25) is 0 Å². The lowest BCUT2D eigenvalue weighted by molar-refractivity contribution is -0.0485. The zero-order valence-corrected chi connectivity index (χ0v) is 19.0. The van der Waals surface area contributed by atoms with E-state index < -0.39 is 13.4 Å². The lowest BCUT2D eigenvalue weighted by atomic mass is 9.63. The fraction of sp³-hybridized carbons (Fsp3) is 1.00. The van der Waals surface area contributed by atoms with E-state index in [4.69, 9.17) is 4.52 Å². The second-order valence-corrected chi connectivity index (χ2v) is 11.6. The smallest absolute Gasteiger partial charge is 0.303 e. The van der Waals surface area contributed by atoms with Gasteiger partial charge in [0.15, 0.2) is 0 Å². The first kappa shape index (κ1) is 22.8. The van der Waals surface area contributed by atoms with E-state index in [9.17, 15) is 14.4 Å². The third-order valence-electron chi connectivity index (χ3n) is 8.02. The highest BCUT2D eigenvalue weighted by Crippen LogP contribution is 2.87. The summed E-state index contributed by atoms with van der Waals surface area (Å²) in [5, 5.41) is 0. The van der Waals surface area contributed by atoms with Gasteiger partial charge in [0.05, 0.1) is 5.60 Å². The van der Waals surface area contributed by atoms with E-state index in [1.54, 1.807) is 0 Å². The number of phosphoric acid groups is 1. The van der Waals surface area contributed by atoms with Crippen LogP contribution in [0.3, 0.4) is 0 Å². The van der Waals surface area contributed by atoms with Crippen molar-refractivity contribution in [2.24, 2.45) is 10.8 Å². The molecule has 1 spiro atoms. The summed E-state index contributed by atoms with van der Waals surface area (Å²) in [4.78, 5) is 18.6. The largest absolute Gasteiger partial charge is 0.470 e. The van der Waals surface area contributed by atoms with E-state index in [1.165, 1.54) is 89.9 Å². The number of unbranched alkanes of at least 4 members (excludes halogenated alkanes) is 13. The van der Waals surface area contributed by atoms with Crippen LogP contribution in [0.15, 0.2) is 0 Å². The van der Waals surface area contributed by atoms with Gasteiger partial charge in [0, 0.05) is 5.41 Å². The van der Waals surface area contributed by atoms with Crippen molar-refractivity contribution in [2.75, 3.05) is 0 Å². The molecule has 0 unspecified atom stereocenters. The molecule has 164 valence electrons. The van der Waals surface area contributed by atoms with E-state index in [0.29, 0.717) is 5.41 Å². The van der Waals surface area contributed by atoms with Crippen LogP contribution < -0.4 is 0 Å². The van der Waals surface area contributed by atoms with Gasteiger partial charge in [-0.2, -0.15) is 0 Å². The predicted molar refractivity (Wildman–Crippen MR) is 114 cm³/mol. The minimum atomic E-state index is -4.37. The molecule has 6 fully saturated rings. The molecule has 5 heteroatoms. The van der Waals surface area contributed by atoms with Crippen LogP contribution in [0.5, 0.6) is 0 Å². The minimum Gasteiger partial charge on any atom is -0.303 e. The van der Waals surface area contributed by atoms with Gasteiger partial charge in [-0.15, -0.1) is 0 Å². The van der Waals surface area contributed by atoms with Gasteiger partial charge in [0.25, 0.3) is 0 Å². The maximum Gasteiger partial charge on any atom is 0.470 e. The molecule has 0 amide bonds. The second-order valence-electron chi connectivity index (χ2n) is 10.4. The number of hydrogen-bond acceptors (Lipinski definition) is 2. The molecular weight excluding hydrogens is 371 g/mol. The molecule has 0 atom stereocenters. The molecule has 6 saturated carbocycles. The fourth-order valence-corrected chi connectivity index (χ4v) is 7.72. The molecule has 3 bridgehead atoms. The van der Waals surface area contributed by atoms with Gasteiger partial charge in [-0.25, -0.2) is 4.57 Å². The average Bonchev–Trinajstić information content (AvgIpc) is 3.14. The summed E-state index contributed by atoms with van der Waals surface area (Å²) in [7, 11) is -4.37. The first-order valence-electron chi connectivity index (χ1n) is 12.1. The van der Waals surface area contributed by atoms with Crippen LogP contribution in [0, 0.1) is 10.8 Å². The van der Waals surface area contributed by atoms with Crippen LogP contribution in [-0.4, -0.2) is 15.4 Å². The van der Waals surface area contributed by atoms with E-state index in [2.05, 4.69) is 6.92 Å². The van der Waals surface area contributed by atoms with Gasteiger partial charge < -0.3 is 9.79 Å². The molecule has 0 saturated heterocycles. The first-order valence-corrected chi connectivity index (χ1v) is 13.6. The van der Waals surface area contributed by atoms with Gasteiger partial charge in [-0.1, -0.05) is 96.8 Å². The Balaban J connectivity index is 1.17. The highest BCUT2D eigenvalue weighted by Gasteiger charge is 2.83. The van der Waals surface area contributed by atoms with Crippen molar-refractivity contribution in [3.63, 3.8) is 0 Å². The average molecular weight is 415 g/mol. The van der Waals surface area contributed by atoms with Gasteiger partial charge >= 0.3 is 7.82 Å². The summed E-state index contributed by atoms with van der Waals surface area (Å²) < 4.78 is 16.7. The third-order valence-corrected chi connectivity index (χ3v) is 8.60. The van der Waals surface area contributed by atoms with Crippen molar-refractivity contribution >= 4 is 7.82 Å². The second kappa shape index (κ2) is 9.50. The molecule has 0 aromatic heterocycles. The standard InChI is InChI=1S/C23H43O4P/c1-2-3-4-5-6-7-8-9-10-11-12-13-14-15-16-22-17-21(18-22)19-23(22,20-21)27-28(24,25)26/h2-20H2,1H3,(H2,24,25,26). The number of rotatable bonds is 17. The summed E-state index contributed by atoms with van der Waals surface area (Å²) in [5.74, 6) is 0. The van der Waals surface area contributed by atoms with Crippen molar-refractivity contribution in [1.29, 1.82) is 0 Å². The summed E-state index contributed by atoms with van der Waals surface area (Å²) in [6, 6.07) is 0. The van der Waals surface area contributed by atoms with Crippen LogP contribution in [0.25, 0.3) is 0 Å². The SMILES string of the molecule is CCCCCCCCCCCCCCCCC12CC3(C1)CC2(OP(=O)(O)O)C3. The van der Waals surface area contributed by atoms with Crippen molar-refractivity contribution in [3.8, 4) is 0 Å². The topological polar surface area (TPSA) is 66.8 Å². The van der Waals surface area contributed by atoms with Crippen LogP contribution in [-0.2, 0) is 9.09 Å². The number of phosphoric ester groups is 1. The Kier molecular flexibility index (Phi) is 7.73. The summed E-state index contributed by atoms with van der Waals surface area (Å²) in [6.45, 7) is 2.27. The highest BCUT2D eigenvalue weighted by atomic mass is 31.2. The van der Waals surface area contributed by atoms with Crippen molar-refractivity contribution in [1.82, 2.24) is 0 Å². The van der Waals surface area contributed by atoms with Gasteiger partial charge in [-0.3, -0.25) is 4.52 Å². The third kappa shape index (κ3) is 5.23. The Morgan fingerprint density at radius 1 is 0.714 bits per heavy atom. The van der Waals surface area contributed by atoms with Crippen molar-refractivity contribution in [3.05, 3.63) is 0 Å². The highest BCUT2D eigenvalue weighted by molar-refractivity contribution is 7.46. The Labute approximate surface area is 172 Å². The number of hydrogen-bond donors (Lipinski definition) is 2. The lowest BCUT2D eigenvalue weighted by Gasteiger charge is -2.41. The predicted octanol–water partition coefficient (Wildman–Crippen LogP) is 7.28. The summed E-state index contributed by atoms with van der Waals surface area (Å²) in [5.41, 5.74) is -0.00101. The molecule has 0 aliphatic heterocycles. The normalized spacial score (nSPS) is 33.0. The van der Waals surface area contributed by atoms with E-state index in [0.717, 1.165) is 32.1 Å². The Morgan fingerprint density at radius 3 is 1.57 bits per heavy atom. The van der Waals surface area contributed by atoms with Crippen LogP contribution >= 0.6 is 7.82 Å². The lowest BCUT2D eigenvalue weighted by Crippen LogP contribution is -2.42. The fourth-order valence-electron chi connectivity index (χ4n) is 6.94. The maximum atomic E-state index is 11.4. The van der Waals surface area contributed by atoms with Gasteiger partial charge in [0.1, 0.15) is 0 Å². The molecule has 2 N–H and O–H groups in total. The zero-order valence-electron chi connectivity index (χ0n) is 18.1. The maximum absolute atomic E-state index is 11.4. The van der Waals surface area contributed by atoms with Gasteiger partial charge in [-0.05, 0) is 37.5 Å². The molecule has 0 radical (unpaired) electrons. The molecule has 6 rings (SSSR count). The van der Waals surface area contributed by atoms with Crippen LogP contribution in [0.4, 0.5) is 0 Å². The zero-order chi connectivity index (χ0) is 20.1. The Bertz CT molecular complexity index is 527. The minimum absolute atomic E-state index is 0.0885. The molecule has 6 aliphatic rings. The first-order chi connectivity index (χ1) is 13.3. The van der Waals surface area contributed by atoms with E-state index in [-0.39, 0.29) is 5.41 Å². The van der Waals surface area contributed by atoms with Crippen molar-refractivity contribution < 1.29 is 18.9 Å². The Hall–Kier alpha value is 0.110. The summed E-state index contributed by atoms with van der Waals surface area (Å²) in [6.07, 6.45) is 24.3. The molecule has 0 aromatic carbocycles. The van der Waals surface area contributed by atoms with Crippen LogP contribution in [0.1, 0.15) is 129 Å². The molecule has 0 heterocycles. The summed E-state index contributed by atoms with van der Waals surface area (Å²) >= 11 is 0. The molecular formula is C23H43O4P. The molecule has 4 nitrogen and oxygen atoms in total. The van der Waals surface area contributed by atoms with E-state index >= 15 is 0 Å². The molecule has 28 heavy (non-hydrogen) atoms. The van der Waals surface area contributed by atoms with Crippen molar-refractivity contribution in [2.45, 2.75) is 135 Å². The monoisotopic (exact) mass is 414 g/mol. The van der Waals surface area contributed by atoms with Crippen LogP contribution in [0.2, 0.25) is 0 Å². The quantitative estimate of drug-likeness (QED) is 0.194. The van der Waals surface area contributed by atoms with E-state index in [1.807, 2.05) is 0 Å². The molecule has 6 aliphatic carbocycles. The molecule has 0 aromatic rings.